The molecule has 0 aliphatic rings. The summed E-state index contributed by atoms with van der Waals surface area (Å²) in [7, 11) is -2.02. The molecule has 0 heterocycles. The molecule has 0 amide bonds. The van der Waals surface area contributed by atoms with Gasteiger partial charge in [-0.3, -0.25) is 0 Å². The maximum Gasteiger partial charge on any atom is 0.241 e. The summed E-state index contributed by atoms with van der Waals surface area (Å²) in [5.74, 6) is 0.659. The summed E-state index contributed by atoms with van der Waals surface area (Å²) in [5.41, 5.74) is 5.62. The van der Waals surface area contributed by atoms with Crippen molar-refractivity contribution < 1.29 is 13.2 Å². The first-order valence-electron chi connectivity index (χ1n) is 5.60. The Kier molecular flexibility index (Phi) is 6.28. The molecule has 0 spiro atoms. The molecule has 1 rings (SSSR count). The van der Waals surface area contributed by atoms with Gasteiger partial charge in [-0.2, -0.15) is 0 Å². The Bertz CT molecular complexity index is 530. The van der Waals surface area contributed by atoms with E-state index >= 15 is 0 Å². The molecule has 0 unspecified atom stereocenters. The third-order valence-electron chi connectivity index (χ3n) is 2.60. The average Bonchev–Trinajstić information content (AvgIpc) is 2.27. The van der Waals surface area contributed by atoms with Crippen LogP contribution in [-0.4, -0.2) is 27.6 Å². The molecular formula is C12H21ClN2O3S. The van der Waals surface area contributed by atoms with Crippen molar-refractivity contribution in [3.05, 3.63) is 23.8 Å². The predicted octanol–water partition coefficient (Wildman–Crippen LogP) is 1.44. The standard InChI is InChI=1S/C12H20N2O3S.ClH/c1-9-7-10(5-6-11(9)17-4)18(15,16)14-12(2,3)8-13;/h5-7,14H,8,13H2,1-4H3;1H. The van der Waals surface area contributed by atoms with E-state index in [1.807, 2.05) is 0 Å². The summed E-state index contributed by atoms with van der Waals surface area (Å²) in [6.07, 6.45) is 0. The van der Waals surface area contributed by atoms with Gasteiger partial charge in [-0.25, -0.2) is 13.1 Å². The minimum Gasteiger partial charge on any atom is -0.496 e. The highest BCUT2D eigenvalue weighted by atomic mass is 35.5. The molecule has 0 bridgehead atoms. The minimum absolute atomic E-state index is 0. The van der Waals surface area contributed by atoms with Crippen molar-refractivity contribution in [3.63, 3.8) is 0 Å². The first kappa shape index (κ1) is 18.2. The van der Waals surface area contributed by atoms with E-state index in [0.717, 1.165) is 5.56 Å². The van der Waals surface area contributed by atoms with Crippen molar-refractivity contribution in [1.29, 1.82) is 0 Å². The Morgan fingerprint density at radius 1 is 1.37 bits per heavy atom. The highest BCUT2D eigenvalue weighted by Crippen LogP contribution is 2.22. The zero-order valence-corrected chi connectivity index (χ0v) is 13.2. The minimum atomic E-state index is -3.56. The first-order valence-corrected chi connectivity index (χ1v) is 7.09. The Balaban J connectivity index is 0.00000324. The number of methoxy groups -OCH3 is 1. The molecule has 19 heavy (non-hydrogen) atoms. The molecule has 0 aliphatic heterocycles. The molecule has 0 aromatic heterocycles. The third-order valence-corrected chi connectivity index (χ3v) is 4.29. The molecule has 0 fully saturated rings. The van der Waals surface area contributed by atoms with Crippen LogP contribution in [0.4, 0.5) is 0 Å². The van der Waals surface area contributed by atoms with E-state index in [0.29, 0.717) is 5.75 Å². The molecular weight excluding hydrogens is 288 g/mol. The monoisotopic (exact) mass is 308 g/mol. The Hall–Kier alpha value is -0.820. The van der Waals surface area contributed by atoms with Gasteiger partial charge in [0.05, 0.1) is 12.0 Å². The molecule has 0 radical (unpaired) electrons. The Morgan fingerprint density at radius 2 is 1.95 bits per heavy atom. The summed E-state index contributed by atoms with van der Waals surface area (Å²) < 4.78 is 32.0. The Labute approximate surface area is 121 Å². The van der Waals surface area contributed by atoms with E-state index in [4.69, 9.17) is 10.5 Å². The molecule has 1 aromatic rings. The maximum atomic E-state index is 12.2. The van der Waals surface area contributed by atoms with E-state index in [9.17, 15) is 8.42 Å². The number of sulfonamides is 1. The number of hydrogen-bond donors (Lipinski definition) is 2. The van der Waals surface area contributed by atoms with Crippen LogP contribution < -0.4 is 15.2 Å². The van der Waals surface area contributed by atoms with Gasteiger partial charge in [-0.05, 0) is 44.5 Å². The summed E-state index contributed by atoms with van der Waals surface area (Å²) in [4.78, 5) is 0.210. The molecule has 1 aromatic carbocycles. The van der Waals surface area contributed by atoms with Gasteiger partial charge in [0.2, 0.25) is 10.0 Å². The van der Waals surface area contributed by atoms with Gasteiger partial charge in [0, 0.05) is 12.1 Å². The number of benzene rings is 1. The van der Waals surface area contributed by atoms with E-state index in [2.05, 4.69) is 4.72 Å². The van der Waals surface area contributed by atoms with Crippen molar-refractivity contribution in [2.75, 3.05) is 13.7 Å². The van der Waals surface area contributed by atoms with Gasteiger partial charge in [-0.1, -0.05) is 0 Å². The van der Waals surface area contributed by atoms with Crippen molar-refractivity contribution >= 4 is 22.4 Å². The molecule has 0 saturated carbocycles. The van der Waals surface area contributed by atoms with E-state index in [-0.39, 0.29) is 23.8 Å². The van der Waals surface area contributed by atoms with Gasteiger partial charge in [0.25, 0.3) is 0 Å². The van der Waals surface area contributed by atoms with E-state index in [1.165, 1.54) is 6.07 Å². The fraction of sp³-hybridized carbons (Fsp3) is 0.500. The molecule has 3 N–H and O–H groups in total. The largest absolute Gasteiger partial charge is 0.496 e. The topological polar surface area (TPSA) is 81.4 Å². The lowest BCUT2D eigenvalue weighted by Gasteiger charge is -2.24. The maximum absolute atomic E-state index is 12.2. The second-order valence-electron chi connectivity index (χ2n) is 4.82. The lowest BCUT2D eigenvalue weighted by atomic mass is 10.1. The number of nitrogens with two attached hydrogens (primary N) is 1. The number of aryl methyl sites for hydroxylation is 1. The first-order chi connectivity index (χ1) is 8.22. The van der Waals surface area contributed by atoms with Crippen LogP contribution in [0.5, 0.6) is 5.75 Å². The van der Waals surface area contributed by atoms with Crippen LogP contribution in [0.25, 0.3) is 0 Å². The fourth-order valence-corrected chi connectivity index (χ4v) is 2.99. The molecule has 110 valence electrons. The van der Waals surface area contributed by atoms with Crippen LogP contribution in [0, 0.1) is 6.92 Å². The highest BCUT2D eigenvalue weighted by molar-refractivity contribution is 7.89. The summed E-state index contributed by atoms with van der Waals surface area (Å²) >= 11 is 0. The van der Waals surface area contributed by atoms with Crippen molar-refractivity contribution in [2.24, 2.45) is 5.73 Å². The van der Waals surface area contributed by atoms with Crippen molar-refractivity contribution in [3.8, 4) is 5.75 Å². The molecule has 0 saturated heterocycles. The van der Waals surface area contributed by atoms with Crippen LogP contribution in [-0.2, 0) is 10.0 Å². The van der Waals surface area contributed by atoms with Gasteiger partial charge in [0.15, 0.2) is 0 Å². The number of rotatable bonds is 5. The fourth-order valence-electron chi connectivity index (χ4n) is 1.48. The predicted molar refractivity (Wildman–Crippen MR) is 78.4 cm³/mol. The number of ether oxygens (including phenoxy) is 1. The lowest BCUT2D eigenvalue weighted by molar-refractivity contribution is 0.411. The SMILES string of the molecule is COc1ccc(S(=O)(=O)NC(C)(C)CN)cc1C.Cl. The van der Waals surface area contributed by atoms with Gasteiger partial charge in [-0.15, -0.1) is 12.4 Å². The zero-order valence-electron chi connectivity index (χ0n) is 11.6. The molecule has 5 nitrogen and oxygen atoms in total. The molecule has 0 aliphatic carbocycles. The molecule has 0 atom stereocenters. The average molecular weight is 309 g/mol. The molecule has 7 heteroatoms. The quantitative estimate of drug-likeness (QED) is 0.862. The van der Waals surface area contributed by atoms with Gasteiger partial charge < -0.3 is 10.5 Å². The smallest absolute Gasteiger partial charge is 0.241 e. The van der Waals surface area contributed by atoms with Gasteiger partial charge in [0.1, 0.15) is 5.75 Å². The van der Waals surface area contributed by atoms with Crippen LogP contribution in [0.3, 0.4) is 0 Å². The highest BCUT2D eigenvalue weighted by Gasteiger charge is 2.25. The van der Waals surface area contributed by atoms with Crippen LogP contribution in [0.2, 0.25) is 0 Å². The zero-order chi connectivity index (χ0) is 14.0. The van der Waals surface area contributed by atoms with Gasteiger partial charge >= 0.3 is 0 Å². The number of halogens is 1. The van der Waals surface area contributed by atoms with Crippen molar-refractivity contribution in [1.82, 2.24) is 4.72 Å². The normalized spacial score (nSPS) is 11.8. The lowest BCUT2D eigenvalue weighted by Crippen LogP contribution is -2.48. The van der Waals surface area contributed by atoms with Crippen molar-refractivity contribution in [2.45, 2.75) is 31.2 Å². The van der Waals surface area contributed by atoms with Crippen LogP contribution in [0.15, 0.2) is 23.1 Å². The van der Waals surface area contributed by atoms with E-state index in [1.54, 1.807) is 40.0 Å². The Morgan fingerprint density at radius 3 is 2.37 bits per heavy atom. The summed E-state index contributed by atoms with van der Waals surface area (Å²) in [6, 6.07) is 4.73. The second kappa shape index (κ2) is 6.56. The summed E-state index contributed by atoms with van der Waals surface area (Å²) in [6.45, 7) is 5.50. The number of hydrogen-bond acceptors (Lipinski definition) is 4. The van der Waals surface area contributed by atoms with E-state index < -0.39 is 15.6 Å². The van der Waals surface area contributed by atoms with Crippen LogP contribution >= 0.6 is 12.4 Å². The number of nitrogens with one attached hydrogen (secondary N) is 1. The summed E-state index contributed by atoms with van der Waals surface area (Å²) in [5, 5.41) is 0. The second-order valence-corrected chi connectivity index (χ2v) is 6.51. The van der Waals surface area contributed by atoms with Crippen LogP contribution in [0.1, 0.15) is 19.4 Å². The third kappa shape index (κ3) is 4.65.